The van der Waals surface area contributed by atoms with Gasteiger partial charge in [-0.1, -0.05) is 39.8 Å². The van der Waals surface area contributed by atoms with E-state index in [9.17, 15) is 35.5 Å². The Labute approximate surface area is 199 Å². The SMILES string of the molecule is CC(C)C(=O)Nc1ccc(CCc2ccc(NC(=O)C(C)C)cc2S(=O)(=O)O)c(S(=O)(=O)O)c1. The van der Waals surface area contributed by atoms with Crippen molar-refractivity contribution in [3.8, 4) is 0 Å². The topological polar surface area (TPSA) is 167 Å². The Hall–Kier alpha value is -2.80. The van der Waals surface area contributed by atoms with Crippen LogP contribution < -0.4 is 10.6 Å². The number of hydrogen-bond donors (Lipinski definition) is 4. The van der Waals surface area contributed by atoms with Gasteiger partial charge >= 0.3 is 0 Å². The average molecular weight is 513 g/mol. The first-order valence-corrected chi connectivity index (χ1v) is 13.3. The molecular weight excluding hydrogens is 484 g/mol. The van der Waals surface area contributed by atoms with Gasteiger partial charge in [-0.05, 0) is 48.2 Å². The Morgan fingerprint density at radius 1 is 0.706 bits per heavy atom. The first kappa shape index (κ1) is 27.4. The zero-order chi connectivity index (χ0) is 25.8. The fourth-order valence-electron chi connectivity index (χ4n) is 3.00. The molecule has 0 aliphatic rings. The van der Waals surface area contributed by atoms with Crippen molar-refractivity contribution in [3.05, 3.63) is 47.5 Å². The number of amides is 2. The van der Waals surface area contributed by atoms with Crippen molar-refractivity contribution in [1.82, 2.24) is 0 Å². The standard InChI is InChI=1S/C22H28N2O8S2/c1-13(2)21(25)23-17-9-7-15(19(11-17)33(27,28)29)5-6-16-8-10-18(24-22(26)14(3)4)12-20(16)34(30,31)32/h7-14H,5-6H2,1-4H3,(H,23,25)(H,24,26)(H,27,28,29)(H,30,31,32). The molecule has 2 rings (SSSR count). The lowest BCUT2D eigenvalue weighted by Crippen LogP contribution is -2.18. The van der Waals surface area contributed by atoms with E-state index in [1.807, 2.05) is 0 Å². The molecule has 0 fully saturated rings. The number of nitrogens with one attached hydrogen (secondary N) is 2. The molecule has 34 heavy (non-hydrogen) atoms. The highest BCUT2D eigenvalue weighted by Crippen LogP contribution is 2.26. The van der Waals surface area contributed by atoms with Crippen LogP contribution >= 0.6 is 0 Å². The van der Waals surface area contributed by atoms with E-state index < -0.39 is 30.0 Å². The summed E-state index contributed by atoms with van der Waals surface area (Å²) < 4.78 is 67.1. The Bertz CT molecular complexity index is 1200. The predicted octanol–water partition coefficient (Wildman–Crippen LogP) is 3.15. The first-order chi connectivity index (χ1) is 15.6. The summed E-state index contributed by atoms with van der Waals surface area (Å²) in [5.74, 6) is -1.37. The van der Waals surface area contributed by atoms with Gasteiger partial charge in [0.05, 0.1) is 9.79 Å². The molecule has 0 radical (unpaired) electrons. The van der Waals surface area contributed by atoms with E-state index >= 15 is 0 Å². The van der Waals surface area contributed by atoms with Crippen LogP contribution in [0.2, 0.25) is 0 Å². The van der Waals surface area contributed by atoms with Gasteiger partial charge in [0.15, 0.2) is 0 Å². The molecule has 4 N–H and O–H groups in total. The van der Waals surface area contributed by atoms with Gasteiger partial charge in [-0.2, -0.15) is 16.8 Å². The third kappa shape index (κ3) is 7.35. The molecule has 12 heteroatoms. The number of benzene rings is 2. The molecule has 2 aromatic rings. The van der Waals surface area contributed by atoms with Crippen molar-refractivity contribution < 1.29 is 35.5 Å². The molecule has 2 aromatic carbocycles. The van der Waals surface area contributed by atoms with Crippen molar-refractivity contribution in [2.24, 2.45) is 11.8 Å². The summed E-state index contributed by atoms with van der Waals surface area (Å²) >= 11 is 0. The predicted molar refractivity (Wildman–Crippen MR) is 127 cm³/mol. The molecular formula is C22H28N2O8S2. The molecule has 0 aliphatic heterocycles. The molecule has 0 atom stereocenters. The molecule has 10 nitrogen and oxygen atoms in total. The lowest BCUT2D eigenvalue weighted by atomic mass is 10.0. The summed E-state index contributed by atoms with van der Waals surface area (Å²) in [5.41, 5.74) is 0.727. The monoisotopic (exact) mass is 512 g/mol. The zero-order valence-corrected chi connectivity index (χ0v) is 20.8. The minimum atomic E-state index is -4.65. The van der Waals surface area contributed by atoms with E-state index in [1.54, 1.807) is 27.7 Å². The highest BCUT2D eigenvalue weighted by molar-refractivity contribution is 7.86. The van der Waals surface area contributed by atoms with E-state index in [4.69, 9.17) is 0 Å². The highest BCUT2D eigenvalue weighted by atomic mass is 32.2. The van der Waals surface area contributed by atoms with Crippen LogP contribution in [-0.4, -0.2) is 37.8 Å². The second-order valence-electron chi connectivity index (χ2n) is 8.38. The fourth-order valence-corrected chi connectivity index (χ4v) is 4.56. The molecule has 0 bridgehead atoms. The third-order valence-electron chi connectivity index (χ3n) is 4.94. The summed E-state index contributed by atoms with van der Waals surface area (Å²) in [5, 5.41) is 5.10. The average Bonchev–Trinajstić information content (AvgIpc) is 2.71. The van der Waals surface area contributed by atoms with E-state index in [1.165, 1.54) is 24.3 Å². The number of carbonyl (C=O) groups excluding carboxylic acids is 2. The van der Waals surface area contributed by atoms with Crippen LogP contribution in [0.4, 0.5) is 11.4 Å². The largest absolute Gasteiger partial charge is 0.326 e. The number of anilines is 2. The second kappa shape index (κ2) is 10.6. The molecule has 0 heterocycles. The Kier molecular flexibility index (Phi) is 8.59. The number of carbonyl (C=O) groups is 2. The van der Waals surface area contributed by atoms with E-state index in [0.29, 0.717) is 0 Å². The fraction of sp³-hybridized carbons (Fsp3) is 0.364. The van der Waals surface area contributed by atoms with Gasteiger partial charge in [0.2, 0.25) is 11.8 Å². The van der Waals surface area contributed by atoms with Crippen LogP contribution in [-0.2, 0) is 42.7 Å². The van der Waals surface area contributed by atoms with Crippen molar-refractivity contribution in [3.63, 3.8) is 0 Å². The smallest absolute Gasteiger partial charge is 0.294 e. The normalized spacial score (nSPS) is 12.1. The summed E-state index contributed by atoms with van der Waals surface area (Å²) in [4.78, 5) is 22.9. The highest BCUT2D eigenvalue weighted by Gasteiger charge is 2.21. The lowest BCUT2D eigenvalue weighted by molar-refractivity contribution is -0.119. The molecule has 0 unspecified atom stereocenters. The minimum Gasteiger partial charge on any atom is -0.326 e. The zero-order valence-electron chi connectivity index (χ0n) is 19.2. The quantitative estimate of drug-likeness (QED) is 0.372. The second-order valence-corrected chi connectivity index (χ2v) is 11.2. The molecule has 186 valence electrons. The summed E-state index contributed by atoms with van der Waals surface area (Å²) in [7, 11) is -9.30. The Morgan fingerprint density at radius 3 is 1.29 bits per heavy atom. The van der Waals surface area contributed by atoms with Gasteiger partial charge in [-0.25, -0.2) is 0 Å². The van der Waals surface area contributed by atoms with E-state index in [0.717, 1.165) is 12.1 Å². The van der Waals surface area contributed by atoms with Gasteiger partial charge in [0, 0.05) is 23.2 Å². The van der Waals surface area contributed by atoms with Crippen molar-refractivity contribution in [2.45, 2.75) is 50.3 Å². The maximum Gasteiger partial charge on any atom is 0.294 e. The molecule has 0 spiro atoms. The molecule has 2 amide bonds. The summed E-state index contributed by atoms with van der Waals surface area (Å²) in [6, 6.07) is 8.00. The van der Waals surface area contributed by atoms with Crippen LogP contribution in [0.3, 0.4) is 0 Å². The number of hydrogen-bond acceptors (Lipinski definition) is 6. The van der Waals surface area contributed by atoms with Gasteiger partial charge in [0.1, 0.15) is 0 Å². The molecule has 0 saturated carbocycles. The minimum absolute atomic E-state index is 0.00620. The third-order valence-corrected chi connectivity index (χ3v) is 6.81. The van der Waals surface area contributed by atoms with E-state index in [2.05, 4.69) is 10.6 Å². The summed E-state index contributed by atoms with van der Waals surface area (Å²) in [6.45, 7) is 6.67. The van der Waals surface area contributed by atoms with Crippen molar-refractivity contribution >= 4 is 43.4 Å². The van der Waals surface area contributed by atoms with Gasteiger partial charge in [0.25, 0.3) is 20.2 Å². The van der Waals surface area contributed by atoms with Crippen LogP contribution in [0, 0.1) is 11.8 Å². The summed E-state index contributed by atoms with van der Waals surface area (Å²) in [6.07, 6.45) is -0.0124. The molecule has 0 saturated heterocycles. The molecule has 0 aromatic heterocycles. The van der Waals surface area contributed by atoms with Gasteiger partial charge in [-0.15, -0.1) is 0 Å². The van der Waals surface area contributed by atoms with Crippen LogP contribution in [0.25, 0.3) is 0 Å². The maximum absolute atomic E-state index is 11.9. The molecule has 0 aliphatic carbocycles. The van der Waals surface area contributed by atoms with Crippen LogP contribution in [0.1, 0.15) is 38.8 Å². The number of rotatable bonds is 9. The Morgan fingerprint density at radius 2 is 1.03 bits per heavy atom. The Balaban J connectivity index is 2.38. The van der Waals surface area contributed by atoms with Gasteiger partial charge in [-0.3, -0.25) is 18.7 Å². The van der Waals surface area contributed by atoms with Crippen molar-refractivity contribution in [1.29, 1.82) is 0 Å². The van der Waals surface area contributed by atoms with Crippen molar-refractivity contribution in [2.75, 3.05) is 10.6 Å². The van der Waals surface area contributed by atoms with E-state index in [-0.39, 0.29) is 59.0 Å². The van der Waals surface area contributed by atoms with Crippen LogP contribution in [0.15, 0.2) is 46.2 Å². The maximum atomic E-state index is 11.9. The lowest BCUT2D eigenvalue weighted by Gasteiger charge is -2.14. The van der Waals surface area contributed by atoms with Gasteiger partial charge < -0.3 is 10.6 Å². The first-order valence-electron chi connectivity index (χ1n) is 10.4. The number of aryl methyl sites for hydroxylation is 2. The van der Waals surface area contributed by atoms with Crippen LogP contribution in [0.5, 0.6) is 0 Å².